The Morgan fingerprint density at radius 3 is 2.67 bits per heavy atom. The minimum Gasteiger partial charge on any atom is -0.393 e. The van der Waals surface area contributed by atoms with Crippen LogP contribution in [0.25, 0.3) is 0 Å². The minimum absolute atomic E-state index is 0.0823. The highest BCUT2D eigenvalue weighted by atomic mass is 16.3. The Balaban J connectivity index is 1.69. The monoisotopic (exact) mass is 288 g/mol. The second kappa shape index (κ2) is 4.44. The molecular formula is C19H28O2. The third-order valence-corrected chi connectivity index (χ3v) is 7.91. The normalized spacial score (nSPS) is 52.7. The lowest BCUT2D eigenvalue weighted by molar-refractivity contribution is -0.118. The molecule has 4 rings (SSSR count). The predicted octanol–water partition coefficient (Wildman–Crippen LogP) is 3.88. The third-order valence-electron chi connectivity index (χ3n) is 7.91. The van der Waals surface area contributed by atoms with E-state index in [1.165, 1.54) is 31.3 Å². The number of hydrogen-bond donors (Lipinski definition) is 1. The van der Waals surface area contributed by atoms with Crippen LogP contribution in [0.1, 0.15) is 65.2 Å². The molecule has 0 spiro atoms. The summed E-state index contributed by atoms with van der Waals surface area (Å²) in [5.74, 6) is 2.57. The van der Waals surface area contributed by atoms with E-state index in [1.54, 1.807) is 0 Å². The van der Waals surface area contributed by atoms with Crippen molar-refractivity contribution in [2.75, 3.05) is 0 Å². The number of aliphatic hydroxyl groups excluding tert-OH is 1. The lowest BCUT2D eigenvalue weighted by Gasteiger charge is -2.57. The average Bonchev–Trinajstić information content (AvgIpc) is 2.76. The van der Waals surface area contributed by atoms with Crippen LogP contribution < -0.4 is 0 Å². The number of rotatable bonds is 0. The molecule has 0 aromatic carbocycles. The Labute approximate surface area is 128 Å². The van der Waals surface area contributed by atoms with Crippen LogP contribution in [0, 0.1) is 28.6 Å². The molecule has 116 valence electrons. The summed E-state index contributed by atoms with van der Waals surface area (Å²) in [6.07, 6.45) is 10.7. The van der Waals surface area contributed by atoms with Gasteiger partial charge in [0, 0.05) is 6.42 Å². The van der Waals surface area contributed by atoms with Crippen LogP contribution in [0.15, 0.2) is 11.6 Å². The predicted molar refractivity (Wildman–Crippen MR) is 82.7 cm³/mol. The molecule has 0 heterocycles. The first-order chi connectivity index (χ1) is 9.95. The smallest absolute Gasteiger partial charge is 0.155 e. The van der Waals surface area contributed by atoms with Gasteiger partial charge in [-0.15, -0.1) is 0 Å². The summed E-state index contributed by atoms with van der Waals surface area (Å²) in [4.78, 5) is 11.8. The minimum atomic E-state index is -0.0823. The number of ketones is 1. The molecule has 0 amide bonds. The Kier molecular flexibility index (Phi) is 2.96. The molecule has 3 saturated carbocycles. The molecule has 0 aromatic rings. The second-order valence-corrected chi connectivity index (χ2v) is 8.61. The van der Waals surface area contributed by atoms with Crippen molar-refractivity contribution in [2.24, 2.45) is 28.6 Å². The van der Waals surface area contributed by atoms with Gasteiger partial charge in [-0.2, -0.15) is 0 Å². The Morgan fingerprint density at radius 1 is 1.05 bits per heavy atom. The topological polar surface area (TPSA) is 37.3 Å². The van der Waals surface area contributed by atoms with Crippen LogP contribution in [0.2, 0.25) is 0 Å². The summed E-state index contributed by atoms with van der Waals surface area (Å²) in [7, 11) is 0. The maximum atomic E-state index is 11.8. The van der Waals surface area contributed by atoms with Gasteiger partial charge >= 0.3 is 0 Å². The van der Waals surface area contributed by atoms with Crippen LogP contribution in [0.5, 0.6) is 0 Å². The van der Waals surface area contributed by atoms with Crippen molar-refractivity contribution in [3.8, 4) is 0 Å². The zero-order chi connectivity index (χ0) is 14.8. The summed E-state index contributed by atoms with van der Waals surface area (Å²) in [5, 5.41) is 10.4. The maximum absolute atomic E-state index is 11.8. The molecule has 0 saturated heterocycles. The summed E-state index contributed by atoms with van der Waals surface area (Å²) in [5.41, 5.74) is 1.89. The van der Waals surface area contributed by atoms with Crippen molar-refractivity contribution in [3.63, 3.8) is 0 Å². The van der Waals surface area contributed by atoms with Gasteiger partial charge in [0.05, 0.1) is 6.10 Å². The zero-order valence-corrected chi connectivity index (χ0v) is 13.4. The number of carbonyl (C=O) groups excluding carboxylic acids is 1. The molecule has 4 aliphatic carbocycles. The lowest BCUT2D eigenvalue weighted by atomic mass is 9.47. The first kappa shape index (κ1) is 14.0. The van der Waals surface area contributed by atoms with Crippen molar-refractivity contribution in [1.29, 1.82) is 0 Å². The Hall–Kier alpha value is -0.630. The number of hydrogen-bond acceptors (Lipinski definition) is 2. The highest BCUT2D eigenvalue weighted by Crippen LogP contribution is 2.65. The Bertz CT molecular complexity index is 508. The van der Waals surface area contributed by atoms with Gasteiger partial charge in [-0.1, -0.05) is 19.4 Å². The largest absolute Gasteiger partial charge is 0.393 e. The van der Waals surface area contributed by atoms with E-state index in [-0.39, 0.29) is 16.9 Å². The van der Waals surface area contributed by atoms with Crippen LogP contribution >= 0.6 is 0 Å². The highest BCUT2D eigenvalue weighted by Gasteiger charge is 2.58. The van der Waals surface area contributed by atoms with Gasteiger partial charge in [-0.3, -0.25) is 4.79 Å². The molecule has 3 fully saturated rings. The molecule has 0 bridgehead atoms. The molecule has 4 aliphatic rings. The van der Waals surface area contributed by atoms with Crippen LogP contribution in [0.3, 0.4) is 0 Å². The molecule has 2 nitrogen and oxygen atoms in total. The van der Waals surface area contributed by atoms with E-state index >= 15 is 0 Å². The van der Waals surface area contributed by atoms with Gasteiger partial charge < -0.3 is 5.11 Å². The van der Waals surface area contributed by atoms with Crippen molar-refractivity contribution >= 4 is 5.78 Å². The van der Waals surface area contributed by atoms with E-state index in [0.29, 0.717) is 11.7 Å². The molecule has 1 N–H and O–H groups in total. The van der Waals surface area contributed by atoms with Crippen LogP contribution in [0.4, 0.5) is 0 Å². The molecule has 6 atom stereocenters. The average molecular weight is 288 g/mol. The standard InChI is InChI=1S/C19H28O2/c1-18-9-7-13(20)11-12(18)3-4-14-15-5-6-17(21)19(15,2)10-8-16(14)18/h11,14-17,21H,3-10H2,1-2H3/t14-,15?,16-,17+,18+,19+/m1/s1. The van der Waals surface area contributed by atoms with Gasteiger partial charge in [0.25, 0.3) is 0 Å². The van der Waals surface area contributed by atoms with Crippen molar-refractivity contribution < 1.29 is 9.90 Å². The maximum Gasteiger partial charge on any atom is 0.155 e. The first-order valence-corrected chi connectivity index (χ1v) is 8.87. The van der Waals surface area contributed by atoms with Crippen molar-refractivity contribution in [2.45, 2.75) is 71.3 Å². The molecule has 2 heteroatoms. The third kappa shape index (κ3) is 1.78. The van der Waals surface area contributed by atoms with E-state index in [4.69, 9.17) is 0 Å². The van der Waals surface area contributed by atoms with E-state index < -0.39 is 0 Å². The molecular weight excluding hydrogens is 260 g/mol. The fraction of sp³-hybridized carbons (Fsp3) is 0.842. The van der Waals surface area contributed by atoms with Gasteiger partial charge in [0.2, 0.25) is 0 Å². The quantitative estimate of drug-likeness (QED) is 0.734. The highest BCUT2D eigenvalue weighted by molar-refractivity contribution is 5.91. The SMILES string of the molecule is C[C@]12CCC(=O)C=C1CC[C@@H]1C3CC[C@H](O)[C@@]3(C)CC[C@H]12. The van der Waals surface area contributed by atoms with E-state index in [2.05, 4.69) is 13.8 Å². The Morgan fingerprint density at radius 2 is 1.86 bits per heavy atom. The lowest BCUT2D eigenvalue weighted by Crippen LogP contribution is -2.51. The molecule has 0 radical (unpaired) electrons. The second-order valence-electron chi connectivity index (χ2n) is 8.61. The molecule has 0 aromatic heterocycles. The first-order valence-electron chi connectivity index (χ1n) is 8.87. The van der Waals surface area contributed by atoms with Gasteiger partial charge in [0.15, 0.2) is 5.78 Å². The number of allylic oxidation sites excluding steroid dienone is 1. The van der Waals surface area contributed by atoms with Gasteiger partial charge in [-0.05, 0) is 79.6 Å². The fourth-order valence-corrected chi connectivity index (χ4v) is 6.53. The summed E-state index contributed by atoms with van der Waals surface area (Å²) >= 11 is 0. The number of carbonyl (C=O) groups is 1. The summed E-state index contributed by atoms with van der Waals surface area (Å²) in [6, 6.07) is 0. The van der Waals surface area contributed by atoms with Crippen LogP contribution in [-0.2, 0) is 4.79 Å². The van der Waals surface area contributed by atoms with E-state index in [1.807, 2.05) is 6.08 Å². The molecule has 21 heavy (non-hydrogen) atoms. The number of aliphatic hydroxyl groups is 1. The fourth-order valence-electron chi connectivity index (χ4n) is 6.53. The zero-order valence-electron chi connectivity index (χ0n) is 13.4. The molecule has 1 unspecified atom stereocenters. The van der Waals surface area contributed by atoms with E-state index in [0.717, 1.165) is 37.5 Å². The van der Waals surface area contributed by atoms with Gasteiger partial charge in [-0.25, -0.2) is 0 Å². The summed E-state index contributed by atoms with van der Waals surface area (Å²) < 4.78 is 0. The van der Waals surface area contributed by atoms with Gasteiger partial charge in [0.1, 0.15) is 0 Å². The summed E-state index contributed by atoms with van der Waals surface area (Å²) in [6.45, 7) is 4.76. The van der Waals surface area contributed by atoms with Crippen molar-refractivity contribution in [3.05, 3.63) is 11.6 Å². The van der Waals surface area contributed by atoms with Crippen LogP contribution in [-0.4, -0.2) is 17.0 Å². The number of fused-ring (bicyclic) bond motifs is 5. The van der Waals surface area contributed by atoms with E-state index in [9.17, 15) is 9.90 Å². The molecule has 0 aliphatic heterocycles. The van der Waals surface area contributed by atoms with Crippen molar-refractivity contribution in [1.82, 2.24) is 0 Å².